The fourth-order valence-corrected chi connectivity index (χ4v) is 1.71. The van der Waals surface area contributed by atoms with Crippen LogP contribution in [0, 0.1) is 0 Å². The summed E-state index contributed by atoms with van der Waals surface area (Å²) in [4.78, 5) is 0. The van der Waals surface area contributed by atoms with Crippen molar-refractivity contribution in [3.8, 4) is 0 Å². The van der Waals surface area contributed by atoms with Crippen LogP contribution in [-0.4, -0.2) is 25.4 Å². The van der Waals surface area contributed by atoms with Gasteiger partial charge in [0.25, 0.3) is 0 Å². The first-order valence-corrected chi connectivity index (χ1v) is 5.21. The van der Waals surface area contributed by atoms with Gasteiger partial charge in [0.05, 0.1) is 25.4 Å². The van der Waals surface area contributed by atoms with E-state index in [1.165, 1.54) is 11.1 Å². The molecule has 0 aromatic heterocycles. The van der Waals surface area contributed by atoms with Crippen LogP contribution in [0.4, 0.5) is 0 Å². The van der Waals surface area contributed by atoms with Gasteiger partial charge in [0.15, 0.2) is 0 Å². The van der Waals surface area contributed by atoms with Gasteiger partial charge in [0.2, 0.25) is 0 Å². The lowest BCUT2D eigenvalue weighted by molar-refractivity contribution is 0.406. The molecule has 2 heterocycles. The smallest absolute Gasteiger partial charge is 0.0850 e. The van der Waals surface area contributed by atoms with Gasteiger partial charge in [0.1, 0.15) is 0 Å². The molecule has 0 saturated carbocycles. The first kappa shape index (κ1) is 8.45. The molecule has 0 aliphatic carbocycles. The Hall–Kier alpha value is -0.860. The van der Waals surface area contributed by atoms with Gasteiger partial charge < -0.3 is 9.47 Å². The molecule has 14 heavy (non-hydrogen) atoms. The van der Waals surface area contributed by atoms with E-state index in [0.29, 0.717) is 12.2 Å². The monoisotopic (exact) mass is 190 g/mol. The minimum absolute atomic E-state index is 0.493. The second-order valence-corrected chi connectivity index (χ2v) is 4.14. The van der Waals surface area contributed by atoms with E-state index in [2.05, 4.69) is 24.3 Å². The summed E-state index contributed by atoms with van der Waals surface area (Å²) in [5.74, 6) is 0. The van der Waals surface area contributed by atoms with Crippen molar-refractivity contribution in [2.24, 2.45) is 0 Å². The van der Waals surface area contributed by atoms with Crippen molar-refractivity contribution in [1.29, 1.82) is 0 Å². The predicted octanol–water partition coefficient (Wildman–Crippen LogP) is 1.57. The van der Waals surface area contributed by atoms with Crippen molar-refractivity contribution in [3.05, 3.63) is 35.4 Å². The van der Waals surface area contributed by atoms with Crippen LogP contribution in [0.3, 0.4) is 0 Å². The lowest BCUT2D eigenvalue weighted by atomic mass is 10.0. The van der Waals surface area contributed by atoms with E-state index in [1.807, 2.05) is 0 Å². The number of ether oxygens (including phenoxy) is 2. The van der Waals surface area contributed by atoms with Crippen molar-refractivity contribution in [3.63, 3.8) is 0 Å². The minimum atomic E-state index is 0.493. The summed E-state index contributed by atoms with van der Waals surface area (Å²) in [6.45, 7) is 1.88. The number of epoxide rings is 2. The Balaban J connectivity index is 1.62. The Bertz CT molecular complexity index is 277. The zero-order chi connectivity index (χ0) is 9.38. The summed E-state index contributed by atoms with van der Waals surface area (Å²) in [5.41, 5.74) is 2.76. The Kier molecular flexibility index (Phi) is 2.03. The maximum atomic E-state index is 5.20. The third-order valence-corrected chi connectivity index (χ3v) is 2.75. The van der Waals surface area contributed by atoms with E-state index >= 15 is 0 Å². The molecule has 0 bridgehead atoms. The van der Waals surface area contributed by atoms with Crippen molar-refractivity contribution < 1.29 is 9.47 Å². The van der Waals surface area contributed by atoms with Gasteiger partial charge in [-0.25, -0.2) is 0 Å². The largest absolute Gasteiger partial charge is 0.373 e. The van der Waals surface area contributed by atoms with Gasteiger partial charge in [-0.05, 0) is 11.1 Å². The molecule has 2 aliphatic rings. The number of benzene rings is 1. The van der Waals surface area contributed by atoms with Gasteiger partial charge in [-0.3, -0.25) is 0 Å². The van der Waals surface area contributed by atoms with Crippen LogP contribution in [0.25, 0.3) is 0 Å². The summed E-state index contributed by atoms with van der Waals surface area (Å²) in [6, 6.07) is 8.83. The second-order valence-electron chi connectivity index (χ2n) is 4.14. The van der Waals surface area contributed by atoms with E-state index in [-0.39, 0.29) is 0 Å². The molecule has 0 spiro atoms. The first-order valence-electron chi connectivity index (χ1n) is 5.21. The molecular formula is C12H14O2. The molecule has 2 saturated heterocycles. The first-order chi connectivity index (χ1) is 6.90. The average molecular weight is 190 g/mol. The van der Waals surface area contributed by atoms with E-state index in [1.54, 1.807) is 0 Å². The molecular weight excluding hydrogens is 176 g/mol. The van der Waals surface area contributed by atoms with E-state index in [0.717, 1.165) is 26.1 Å². The molecule has 2 atom stereocenters. The van der Waals surface area contributed by atoms with Gasteiger partial charge in [-0.1, -0.05) is 24.3 Å². The molecule has 0 radical (unpaired) electrons. The van der Waals surface area contributed by atoms with Crippen LogP contribution < -0.4 is 0 Å². The fraction of sp³-hybridized carbons (Fsp3) is 0.500. The van der Waals surface area contributed by atoms with Crippen molar-refractivity contribution in [2.75, 3.05) is 13.2 Å². The number of hydrogen-bond donors (Lipinski definition) is 0. The van der Waals surface area contributed by atoms with Crippen LogP contribution in [0.5, 0.6) is 0 Å². The van der Waals surface area contributed by atoms with Crippen LogP contribution in [-0.2, 0) is 22.3 Å². The Morgan fingerprint density at radius 3 is 1.50 bits per heavy atom. The molecule has 1 aromatic carbocycles. The quantitative estimate of drug-likeness (QED) is 0.673. The van der Waals surface area contributed by atoms with E-state index < -0.39 is 0 Å². The molecule has 2 nitrogen and oxygen atoms in total. The lowest BCUT2D eigenvalue weighted by Gasteiger charge is -2.00. The normalized spacial score (nSPS) is 28.9. The molecule has 3 rings (SSSR count). The fourth-order valence-electron chi connectivity index (χ4n) is 1.71. The molecule has 2 heteroatoms. The lowest BCUT2D eigenvalue weighted by Crippen LogP contribution is -1.95. The van der Waals surface area contributed by atoms with Gasteiger partial charge >= 0.3 is 0 Å². The summed E-state index contributed by atoms with van der Waals surface area (Å²) >= 11 is 0. The minimum Gasteiger partial charge on any atom is -0.373 e. The standard InChI is InChI=1S/C12H14O2/c1-2-10(6-12-8-14-12)4-3-9(1)5-11-7-13-11/h1-4,11-12H,5-8H2. The molecule has 1 aromatic rings. The van der Waals surface area contributed by atoms with Crippen LogP contribution >= 0.6 is 0 Å². The molecule has 2 unspecified atom stereocenters. The van der Waals surface area contributed by atoms with Crippen molar-refractivity contribution in [1.82, 2.24) is 0 Å². The van der Waals surface area contributed by atoms with E-state index in [4.69, 9.17) is 9.47 Å². The third kappa shape index (κ3) is 2.14. The molecule has 0 N–H and O–H groups in total. The average Bonchev–Trinajstić information content (AvgIpc) is 3.02. The SMILES string of the molecule is c1cc(CC2CO2)ccc1CC1CO1. The van der Waals surface area contributed by atoms with Gasteiger partial charge in [-0.15, -0.1) is 0 Å². The molecule has 74 valence electrons. The van der Waals surface area contributed by atoms with Crippen LogP contribution in [0.2, 0.25) is 0 Å². The number of hydrogen-bond acceptors (Lipinski definition) is 2. The van der Waals surface area contributed by atoms with E-state index in [9.17, 15) is 0 Å². The topological polar surface area (TPSA) is 25.1 Å². The summed E-state index contributed by atoms with van der Waals surface area (Å²) in [6.07, 6.45) is 3.13. The summed E-state index contributed by atoms with van der Waals surface area (Å²) in [7, 11) is 0. The molecule has 2 fully saturated rings. The van der Waals surface area contributed by atoms with Gasteiger partial charge in [0, 0.05) is 12.8 Å². The summed E-state index contributed by atoms with van der Waals surface area (Å²) < 4.78 is 10.4. The van der Waals surface area contributed by atoms with Crippen molar-refractivity contribution >= 4 is 0 Å². The zero-order valence-electron chi connectivity index (χ0n) is 8.11. The van der Waals surface area contributed by atoms with Crippen LogP contribution in [0.15, 0.2) is 24.3 Å². The molecule has 2 aliphatic heterocycles. The summed E-state index contributed by atoms with van der Waals surface area (Å²) in [5, 5.41) is 0. The third-order valence-electron chi connectivity index (χ3n) is 2.75. The highest BCUT2D eigenvalue weighted by Crippen LogP contribution is 2.19. The Labute approximate surface area is 83.8 Å². The highest BCUT2D eigenvalue weighted by molar-refractivity contribution is 5.24. The number of rotatable bonds is 4. The van der Waals surface area contributed by atoms with Gasteiger partial charge in [-0.2, -0.15) is 0 Å². The predicted molar refractivity (Wildman–Crippen MR) is 53.3 cm³/mol. The highest BCUT2D eigenvalue weighted by Gasteiger charge is 2.23. The maximum Gasteiger partial charge on any atom is 0.0850 e. The molecule has 0 amide bonds. The Morgan fingerprint density at radius 2 is 1.21 bits per heavy atom. The maximum absolute atomic E-state index is 5.20. The zero-order valence-corrected chi connectivity index (χ0v) is 8.11. The van der Waals surface area contributed by atoms with Crippen LogP contribution in [0.1, 0.15) is 11.1 Å². The Morgan fingerprint density at radius 1 is 0.857 bits per heavy atom. The second kappa shape index (κ2) is 3.37. The highest BCUT2D eigenvalue weighted by atomic mass is 16.6. The van der Waals surface area contributed by atoms with Crippen molar-refractivity contribution in [2.45, 2.75) is 25.0 Å².